The van der Waals surface area contributed by atoms with Gasteiger partial charge in [0.1, 0.15) is 0 Å². The van der Waals surface area contributed by atoms with E-state index in [0.29, 0.717) is 17.9 Å². The van der Waals surface area contributed by atoms with Gasteiger partial charge in [0.05, 0.1) is 6.10 Å². The van der Waals surface area contributed by atoms with Crippen molar-refractivity contribution in [1.29, 1.82) is 0 Å². The summed E-state index contributed by atoms with van der Waals surface area (Å²) >= 11 is 0. The van der Waals surface area contributed by atoms with E-state index in [1.54, 1.807) is 0 Å². The van der Waals surface area contributed by atoms with E-state index in [9.17, 15) is 9.90 Å². The van der Waals surface area contributed by atoms with Crippen molar-refractivity contribution < 1.29 is 15.0 Å². The molecule has 1 fully saturated rings. The molecule has 4 nitrogen and oxygen atoms in total. The largest absolute Gasteiger partial charge is 0.481 e. The number of nitrogens with two attached hydrogens (primary N) is 1. The molecule has 1 rings (SSSR count). The van der Waals surface area contributed by atoms with E-state index < -0.39 is 5.97 Å². The first kappa shape index (κ1) is 19.4. The van der Waals surface area contributed by atoms with E-state index in [-0.39, 0.29) is 12.5 Å². The van der Waals surface area contributed by atoms with Crippen LogP contribution in [0.4, 0.5) is 0 Å². The van der Waals surface area contributed by atoms with Crippen molar-refractivity contribution in [3.05, 3.63) is 0 Å². The summed E-state index contributed by atoms with van der Waals surface area (Å²) in [6, 6.07) is 0.319. The highest BCUT2D eigenvalue weighted by atomic mass is 16.4. The zero-order chi connectivity index (χ0) is 16.4. The predicted molar refractivity (Wildman–Crippen MR) is 89.7 cm³/mol. The molecule has 1 aliphatic rings. The van der Waals surface area contributed by atoms with Crippen LogP contribution in [0, 0.1) is 11.8 Å². The average molecular weight is 313 g/mol. The fourth-order valence-electron chi connectivity index (χ4n) is 3.87. The van der Waals surface area contributed by atoms with Gasteiger partial charge in [0, 0.05) is 12.5 Å². The monoisotopic (exact) mass is 313 g/mol. The number of carbonyl (C=O) groups is 1. The lowest BCUT2D eigenvalue weighted by molar-refractivity contribution is -0.137. The Balaban J connectivity index is 2.19. The molecule has 4 N–H and O–H groups in total. The van der Waals surface area contributed by atoms with Gasteiger partial charge in [0.25, 0.3) is 0 Å². The second kappa shape index (κ2) is 11.0. The summed E-state index contributed by atoms with van der Waals surface area (Å²) in [6.45, 7) is 2.17. The van der Waals surface area contributed by atoms with Crippen LogP contribution < -0.4 is 5.73 Å². The second-order valence-corrected chi connectivity index (χ2v) is 7.04. The van der Waals surface area contributed by atoms with Crippen molar-refractivity contribution in [1.82, 2.24) is 0 Å². The molecule has 130 valence electrons. The molecule has 0 saturated heterocycles. The van der Waals surface area contributed by atoms with Crippen molar-refractivity contribution in [3.8, 4) is 0 Å². The number of aliphatic carboxylic acids is 1. The molecule has 0 aromatic rings. The highest BCUT2D eigenvalue weighted by Crippen LogP contribution is 2.38. The Kier molecular flexibility index (Phi) is 9.73. The van der Waals surface area contributed by atoms with Crippen LogP contribution >= 0.6 is 0 Å². The van der Waals surface area contributed by atoms with Gasteiger partial charge in [-0.15, -0.1) is 0 Å². The smallest absolute Gasteiger partial charge is 0.303 e. The lowest BCUT2D eigenvalue weighted by Gasteiger charge is -2.23. The molecule has 0 heterocycles. The van der Waals surface area contributed by atoms with E-state index in [0.717, 1.165) is 70.6 Å². The number of rotatable bonds is 12. The van der Waals surface area contributed by atoms with E-state index in [4.69, 9.17) is 10.8 Å². The maximum atomic E-state index is 10.5. The van der Waals surface area contributed by atoms with Gasteiger partial charge in [-0.3, -0.25) is 4.79 Å². The van der Waals surface area contributed by atoms with Gasteiger partial charge < -0.3 is 15.9 Å². The van der Waals surface area contributed by atoms with E-state index in [1.165, 1.54) is 0 Å². The number of carboxylic acid groups (broad SMARTS) is 1. The Bertz CT molecular complexity index is 309. The van der Waals surface area contributed by atoms with Crippen LogP contribution in [0.5, 0.6) is 0 Å². The summed E-state index contributed by atoms with van der Waals surface area (Å²) in [5.41, 5.74) is 6.11. The van der Waals surface area contributed by atoms with Gasteiger partial charge in [-0.05, 0) is 56.8 Å². The molecule has 0 bridgehead atoms. The van der Waals surface area contributed by atoms with E-state index >= 15 is 0 Å². The Labute approximate surface area is 135 Å². The zero-order valence-corrected chi connectivity index (χ0v) is 14.2. The van der Waals surface area contributed by atoms with Gasteiger partial charge in [-0.2, -0.15) is 0 Å². The molecule has 0 aromatic carbocycles. The van der Waals surface area contributed by atoms with Gasteiger partial charge >= 0.3 is 5.97 Å². The number of hydrogen-bond donors (Lipinski definition) is 3. The molecule has 22 heavy (non-hydrogen) atoms. The molecular weight excluding hydrogens is 278 g/mol. The average Bonchev–Trinajstić information content (AvgIpc) is 2.81. The molecule has 0 aromatic heterocycles. The van der Waals surface area contributed by atoms with Crippen LogP contribution in [0.15, 0.2) is 0 Å². The maximum Gasteiger partial charge on any atom is 0.303 e. The number of carboxylic acids is 1. The first-order chi connectivity index (χ1) is 10.5. The summed E-state index contributed by atoms with van der Waals surface area (Å²) in [7, 11) is 0. The van der Waals surface area contributed by atoms with Gasteiger partial charge in [0.15, 0.2) is 0 Å². The van der Waals surface area contributed by atoms with Gasteiger partial charge in [-0.1, -0.05) is 32.6 Å². The molecule has 1 unspecified atom stereocenters. The predicted octanol–water partition coefficient (Wildman–Crippen LogP) is 3.71. The summed E-state index contributed by atoms with van der Waals surface area (Å²) in [5, 5.41) is 18.8. The van der Waals surface area contributed by atoms with Gasteiger partial charge in [0.2, 0.25) is 0 Å². The quantitative estimate of drug-likeness (QED) is 0.480. The summed E-state index contributed by atoms with van der Waals surface area (Å²) < 4.78 is 0. The minimum absolute atomic E-state index is 0.133. The van der Waals surface area contributed by atoms with Crippen LogP contribution in [0.25, 0.3) is 0 Å². The number of unbranched alkanes of at least 4 members (excludes halogenated alkanes) is 3. The molecular formula is C18H35NO3. The lowest BCUT2D eigenvalue weighted by atomic mass is 9.85. The molecule has 1 aliphatic carbocycles. The third-order valence-electron chi connectivity index (χ3n) is 5.18. The molecule has 0 amide bonds. The number of aliphatic hydroxyl groups is 1. The third-order valence-corrected chi connectivity index (χ3v) is 5.18. The standard InChI is InChI=1S/C18H35NO3/c1-2-7-15(19)12-10-14-11-13-17(20)16(14)8-5-3-4-6-9-18(21)22/h14-17,20H,2-13,19H2,1H3,(H,21,22)/t14-,15?,16+,17-/m0/s1. The van der Waals surface area contributed by atoms with Crippen molar-refractivity contribution in [3.63, 3.8) is 0 Å². The first-order valence-electron chi connectivity index (χ1n) is 9.20. The Hall–Kier alpha value is -0.610. The lowest BCUT2D eigenvalue weighted by Crippen LogP contribution is -2.23. The molecule has 4 heteroatoms. The first-order valence-corrected chi connectivity index (χ1v) is 9.20. The fraction of sp³-hybridized carbons (Fsp3) is 0.944. The molecule has 4 atom stereocenters. The third kappa shape index (κ3) is 7.59. The topological polar surface area (TPSA) is 83.5 Å². The SMILES string of the molecule is CCCC(N)CC[C@H]1CC[C@H](O)[C@@H]1CCCCCCC(=O)O. The number of aliphatic hydroxyl groups excluding tert-OH is 1. The minimum atomic E-state index is -0.699. The second-order valence-electron chi connectivity index (χ2n) is 7.04. The Morgan fingerprint density at radius 2 is 1.86 bits per heavy atom. The number of hydrogen-bond acceptors (Lipinski definition) is 3. The highest BCUT2D eigenvalue weighted by molar-refractivity contribution is 5.66. The minimum Gasteiger partial charge on any atom is -0.481 e. The maximum absolute atomic E-state index is 10.5. The van der Waals surface area contributed by atoms with Crippen LogP contribution in [0.3, 0.4) is 0 Å². The molecule has 0 radical (unpaired) electrons. The zero-order valence-electron chi connectivity index (χ0n) is 14.2. The fourth-order valence-corrected chi connectivity index (χ4v) is 3.87. The molecule has 0 spiro atoms. The highest BCUT2D eigenvalue weighted by Gasteiger charge is 2.33. The Morgan fingerprint density at radius 3 is 2.55 bits per heavy atom. The molecule has 1 saturated carbocycles. The van der Waals surface area contributed by atoms with Crippen molar-refractivity contribution in [2.24, 2.45) is 17.6 Å². The van der Waals surface area contributed by atoms with Crippen molar-refractivity contribution >= 4 is 5.97 Å². The van der Waals surface area contributed by atoms with Crippen LogP contribution in [0.2, 0.25) is 0 Å². The van der Waals surface area contributed by atoms with Crippen LogP contribution in [0.1, 0.15) is 84.0 Å². The van der Waals surface area contributed by atoms with Crippen molar-refractivity contribution in [2.45, 2.75) is 96.1 Å². The van der Waals surface area contributed by atoms with Gasteiger partial charge in [-0.25, -0.2) is 0 Å². The van der Waals surface area contributed by atoms with Crippen molar-refractivity contribution in [2.75, 3.05) is 0 Å². The summed E-state index contributed by atoms with van der Waals surface area (Å²) in [4.78, 5) is 10.5. The normalized spacial score (nSPS) is 26.2. The molecule has 0 aliphatic heterocycles. The summed E-state index contributed by atoms with van der Waals surface area (Å²) in [6.07, 6.45) is 11.8. The van der Waals surface area contributed by atoms with E-state index in [2.05, 4.69) is 6.92 Å². The Morgan fingerprint density at radius 1 is 1.14 bits per heavy atom. The van der Waals surface area contributed by atoms with Crippen LogP contribution in [-0.2, 0) is 4.79 Å². The summed E-state index contributed by atoms with van der Waals surface area (Å²) in [5.74, 6) is 0.375. The van der Waals surface area contributed by atoms with E-state index in [1.807, 2.05) is 0 Å². The van der Waals surface area contributed by atoms with Crippen LogP contribution in [-0.4, -0.2) is 28.3 Å².